The Bertz CT molecular complexity index is 1000. The number of thioether (sulfide) groups is 1. The van der Waals surface area contributed by atoms with Crippen LogP contribution in [-0.4, -0.2) is 43.2 Å². The molecule has 1 amide bonds. The second kappa shape index (κ2) is 11.5. The van der Waals surface area contributed by atoms with E-state index in [-0.39, 0.29) is 18.1 Å². The molecule has 0 radical (unpaired) electrons. The van der Waals surface area contributed by atoms with Gasteiger partial charge in [-0.05, 0) is 48.4 Å². The van der Waals surface area contributed by atoms with Crippen LogP contribution in [0.1, 0.15) is 21.6 Å². The lowest BCUT2D eigenvalue weighted by Gasteiger charge is -2.05. The van der Waals surface area contributed by atoms with E-state index < -0.39 is 0 Å². The molecular weight excluding hydrogens is 432 g/mol. The van der Waals surface area contributed by atoms with Gasteiger partial charge < -0.3 is 14.8 Å². The van der Waals surface area contributed by atoms with Crippen molar-refractivity contribution in [1.82, 2.24) is 10.3 Å². The van der Waals surface area contributed by atoms with Crippen LogP contribution in [-0.2, 0) is 17.6 Å². The number of Topliss-reactive ketones (excluding diaryl/α,β-unsaturated/α-hetero) is 1. The number of thiazole rings is 1. The second-order valence-electron chi connectivity index (χ2n) is 6.67. The van der Waals surface area contributed by atoms with Crippen molar-refractivity contribution in [2.24, 2.45) is 0 Å². The first-order valence-electron chi connectivity index (χ1n) is 9.71. The number of nitrogens with one attached hydrogen (secondary N) is 1. The molecule has 3 aromatic rings. The number of ketones is 1. The first-order chi connectivity index (χ1) is 15.1. The van der Waals surface area contributed by atoms with Gasteiger partial charge >= 0.3 is 0 Å². The van der Waals surface area contributed by atoms with Gasteiger partial charge in [0, 0.05) is 17.5 Å². The highest BCUT2D eigenvalue weighted by Gasteiger charge is 2.11. The lowest BCUT2D eigenvalue weighted by Crippen LogP contribution is -2.27. The van der Waals surface area contributed by atoms with Gasteiger partial charge in [-0.25, -0.2) is 4.98 Å². The third-order valence-corrected chi connectivity index (χ3v) is 6.58. The van der Waals surface area contributed by atoms with E-state index in [4.69, 9.17) is 9.47 Å². The third kappa shape index (κ3) is 7.11. The molecule has 162 valence electrons. The van der Waals surface area contributed by atoms with Crippen LogP contribution in [0.2, 0.25) is 0 Å². The molecule has 0 saturated carbocycles. The number of aromatic nitrogens is 1. The topological polar surface area (TPSA) is 77.5 Å². The number of rotatable bonds is 11. The first-order valence-corrected chi connectivity index (χ1v) is 11.6. The molecular formula is C23H24N2O4S2. The van der Waals surface area contributed by atoms with Crippen LogP contribution in [0.5, 0.6) is 11.5 Å². The van der Waals surface area contributed by atoms with E-state index in [1.54, 1.807) is 38.5 Å². The van der Waals surface area contributed by atoms with Crippen molar-refractivity contribution in [2.45, 2.75) is 17.2 Å². The fourth-order valence-electron chi connectivity index (χ4n) is 2.79. The lowest BCUT2D eigenvalue weighted by atomic mass is 10.1. The van der Waals surface area contributed by atoms with Gasteiger partial charge in [0.1, 0.15) is 11.5 Å². The Hall–Kier alpha value is -2.84. The molecule has 1 N–H and O–H groups in total. The number of ether oxygens (including phenoxy) is 2. The predicted octanol–water partition coefficient (Wildman–Crippen LogP) is 4.04. The summed E-state index contributed by atoms with van der Waals surface area (Å²) in [5, 5.41) is 4.79. The van der Waals surface area contributed by atoms with Crippen molar-refractivity contribution >= 4 is 34.8 Å². The third-order valence-electron chi connectivity index (χ3n) is 4.51. The number of carbonyl (C=O) groups is 2. The zero-order valence-corrected chi connectivity index (χ0v) is 19.1. The van der Waals surface area contributed by atoms with Gasteiger partial charge in [-0.15, -0.1) is 11.3 Å². The SMILES string of the molecule is COc1ccc(CCNC(=O)Cc2csc(SCC(=O)c3ccc(OC)cc3)n2)cc1. The summed E-state index contributed by atoms with van der Waals surface area (Å²) >= 11 is 2.83. The maximum atomic E-state index is 12.3. The van der Waals surface area contributed by atoms with Gasteiger partial charge in [-0.1, -0.05) is 23.9 Å². The summed E-state index contributed by atoms with van der Waals surface area (Å²) in [7, 11) is 3.23. The number of hydrogen-bond acceptors (Lipinski definition) is 7. The van der Waals surface area contributed by atoms with Crippen LogP contribution in [0.3, 0.4) is 0 Å². The average Bonchev–Trinajstić information content (AvgIpc) is 3.25. The summed E-state index contributed by atoms with van der Waals surface area (Å²) in [6.07, 6.45) is 0.980. The molecule has 0 saturated heterocycles. The van der Waals surface area contributed by atoms with Crippen molar-refractivity contribution in [2.75, 3.05) is 26.5 Å². The number of nitrogens with zero attached hydrogens (tertiary/aromatic N) is 1. The van der Waals surface area contributed by atoms with Crippen LogP contribution >= 0.6 is 23.1 Å². The minimum absolute atomic E-state index is 0.0284. The predicted molar refractivity (Wildman–Crippen MR) is 124 cm³/mol. The number of amides is 1. The van der Waals surface area contributed by atoms with Crippen LogP contribution in [0.4, 0.5) is 0 Å². The molecule has 0 unspecified atom stereocenters. The number of benzene rings is 2. The highest BCUT2D eigenvalue weighted by Crippen LogP contribution is 2.24. The second-order valence-corrected chi connectivity index (χ2v) is 8.75. The van der Waals surface area contributed by atoms with E-state index in [9.17, 15) is 9.59 Å². The van der Waals surface area contributed by atoms with Crippen LogP contribution < -0.4 is 14.8 Å². The zero-order chi connectivity index (χ0) is 22.1. The fourth-order valence-corrected chi connectivity index (χ4v) is 4.53. The highest BCUT2D eigenvalue weighted by atomic mass is 32.2. The standard InChI is InChI=1S/C23H24N2O4S2/c1-28-19-7-3-16(4-8-19)11-12-24-22(27)13-18-14-30-23(25-18)31-15-21(26)17-5-9-20(29-2)10-6-17/h3-10,14H,11-13,15H2,1-2H3,(H,24,27). The Morgan fingerprint density at radius 1 is 1.00 bits per heavy atom. The molecule has 6 nitrogen and oxygen atoms in total. The van der Waals surface area contributed by atoms with E-state index in [0.29, 0.717) is 23.6 Å². The molecule has 2 aromatic carbocycles. The summed E-state index contributed by atoms with van der Waals surface area (Å²) in [5.41, 5.74) is 2.49. The van der Waals surface area contributed by atoms with E-state index in [0.717, 1.165) is 27.8 Å². The van der Waals surface area contributed by atoms with E-state index in [2.05, 4.69) is 10.3 Å². The number of carbonyl (C=O) groups excluding carboxylic acids is 2. The van der Waals surface area contributed by atoms with Gasteiger partial charge in [-0.3, -0.25) is 9.59 Å². The molecule has 0 aliphatic carbocycles. The molecule has 0 spiro atoms. The van der Waals surface area contributed by atoms with Crippen molar-refractivity contribution in [1.29, 1.82) is 0 Å². The molecule has 0 fully saturated rings. The molecule has 3 rings (SSSR count). The molecule has 0 bridgehead atoms. The lowest BCUT2D eigenvalue weighted by molar-refractivity contribution is -0.120. The van der Waals surface area contributed by atoms with Gasteiger partial charge in [0.15, 0.2) is 10.1 Å². The van der Waals surface area contributed by atoms with Crippen LogP contribution in [0, 0.1) is 0 Å². The minimum atomic E-state index is -0.0651. The van der Waals surface area contributed by atoms with Crippen molar-refractivity contribution in [3.63, 3.8) is 0 Å². The molecule has 0 aliphatic heterocycles. The van der Waals surface area contributed by atoms with E-state index >= 15 is 0 Å². The Morgan fingerprint density at radius 3 is 2.29 bits per heavy atom. The fraction of sp³-hybridized carbons (Fsp3) is 0.261. The van der Waals surface area contributed by atoms with Crippen LogP contribution in [0.15, 0.2) is 58.3 Å². The largest absolute Gasteiger partial charge is 0.497 e. The number of hydrogen-bond donors (Lipinski definition) is 1. The quantitative estimate of drug-likeness (QED) is 0.347. The number of methoxy groups -OCH3 is 2. The Labute approximate surface area is 190 Å². The summed E-state index contributed by atoms with van der Waals surface area (Å²) < 4.78 is 11.0. The van der Waals surface area contributed by atoms with Crippen molar-refractivity contribution in [3.05, 3.63) is 70.7 Å². The molecule has 8 heteroatoms. The average molecular weight is 457 g/mol. The maximum absolute atomic E-state index is 12.3. The van der Waals surface area contributed by atoms with E-state index in [1.807, 2.05) is 29.6 Å². The molecule has 0 aliphatic rings. The van der Waals surface area contributed by atoms with Gasteiger partial charge in [0.05, 0.1) is 32.1 Å². The monoisotopic (exact) mass is 456 g/mol. The summed E-state index contributed by atoms with van der Waals surface area (Å²) in [4.78, 5) is 29.0. The maximum Gasteiger partial charge on any atom is 0.226 e. The molecule has 31 heavy (non-hydrogen) atoms. The zero-order valence-electron chi connectivity index (χ0n) is 17.4. The van der Waals surface area contributed by atoms with Crippen LogP contribution in [0.25, 0.3) is 0 Å². The Balaban J connectivity index is 1.40. The Morgan fingerprint density at radius 2 is 1.65 bits per heavy atom. The summed E-state index contributed by atoms with van der Waals surface area (Å²) in [6, 6.07) is 14.8. The van der Waals surface area contributed by atoms with E-state index in [1.165, 1.54) is 23.1 Å². The molecule has 0 atom stereocenters. The highest BCUT2D eigenvalue weighted by molar-refractivity contribution is 8.01. The molecule has 1 heterocycles. The summed E-state index contributed by atoms with van der Waals surface area (Å²) in [5.74, 6) is 1.80. The van der Waals surface area contributed by atoms with Gasteiger partial charge in [-0.2, -0.15) is 0 Å². The smallest absolute Gasteiger partial charge is 0.226 e. The summed E-state index contributed by atoms with van der Waals surface area (Å²) in [6.45, 7) is 0.563. The van der Waals surface area contributed by atoms with Crippen molar-refractivity contribution in [3.8, 4) is 11.5 Å². The Kier molecular flexibility index (Phi) is 8.49. The molecule has 1 aromatic heterocycles. The first kappa shape index (κ1) is 22.8. The minimum Gasteiger partial charge on any atom is -0.497 e. The normalized spacial score (nSPS) is 10.5. The van der Waals surface area contributed by atoms with Crippen molar-refractivity contribution < 1.29 is 19.1 Å². The van der Waals surface area contributed by atoms with Gasteiger partial charge in [0.2, 0.25) is 5.91 Å². The van der Waals surface area contributed by atoms with Gasteiger partial charge in [0.25, 0.3) is 0 Å².